The predicted molar refractivity (Wildman–Crippen MR) is 81.9 cm³/mol. The van der Waals surface area contributed by atoms with E-state index < -0.39 is 0 Å². The summed E-state index contributed by atoms with van der Waals surface area (Å²) in [6, 6.07) is 6.67. The first-order valence-electron chi connectivity index (χ1n) is 7.59. The number of nitrogens with one attached hydrogen (secondary N) is 1. The van der Waals surface area contributed by atoms with E-state index in [4.69, 9.17) is 0 Å². The molecule has 1 N–H and O–H groups in total. The second-order valence-corrected chi connectivity index (χ2v) is 5.76. The van der Waals surface area contributed by atoms with Crippen molar-refractivity contribution in [1.29, 1.82) is 0 Å². The molecule has 3 rings (SSSR count). The number of carbonyl (C=O) groups is 1. The minimum absolute atomic E-state index is 0.0122. The summed E-state index contributed by atoms with van der Waals surface area (Å²) in [6.07, 6.45) is 10.1. The van der Waals surface area contributed by atoms with Crippen molar-refractivity contribution in [2.45, 2.75) is 45.2 Å². The number of rotatable bonds is 4. The van der Waals surface area contributed by atoms with Gasteiger partial charge in [-0.15, -0.1) is 0 Å². The van der Waals surface area contributed by atoms with Crippen molar-refractivity contribution in [2.75, 3.05) is 0 Å². The van der Waals surface area contributed by atoms with Crippen molar-refractivity contribution in [2.24, 2.45) is 0 Å². The first-order chi connectivity index (χ1) is 10.2. The SMILES string of the molecule is CC(NC(=O)Cn1ccnc1)c1ccc2c(c1)CCCC2. The van der Waals surface area contributed by atoms with Crippen molar-refractivity contribution < 1.29 is 4.79 Å². The first-order valence-corrected chi connectivity index (χ1v) is 7.59. The van der Waals surface area contributed by atoms with Gasteiger partial charge in [0, 0.05) is 12.4 Å². The smallest absolute Gasteiger partial charge is 0.240 e. The van der Waals surface area contributed by atoms with Gasteiger partial charge in [0.05, 0.1) is 12.4 Å². The van der Waals surface area contributed by atoms with Gasteiger partial charge in [-0.1, -0.05) is 18.2 Å². The van der Waals surface area contributed by atoms with Gasteiger partial charge in [0.2, 0.25) is 5.91 Å². The summed E-state index contributed by atoms with van der Waals surface area (Å²) < 4.78 is 1.77. The van der Waals surface area contributed by atoms with Gasteiger partial charge in [-0.2, -0.15) is 0 Å². The average Bonchev–Trinajstić information content (AvgIpc) is 2.99. The third-order valence-electron chi connectivity index (χ3n) is 4.14. The maximum atomic E-state index is 12.0. The third-order valence-corrected chi connectivity index (χ3v) is 4.14. The van der Waals surface area contributed by atoms with Crippen LogP contribution in [0.1, 0.15) is 42.5 Å². The highest BCUT2D eigenvalue weighted by Gasteiger charge is 2.14. The number of nitrogens with zero attached hydrogens (tertiary/aromatic N) is 2. The topological polar surface area (TPSA) is 46.9 Å². The van der Waals surface area contributed by atoms with E-state index >= 15 is 0 Å². The fraction of sp³-hybridized carbons (Fsp3) is 0.412. The van der Waals surface area contributed by atoms with E-state index in [0.29, 0.717) is 6.54 Å². The molecule has 1 aliphatic rings. The molecular formula is C17H21N3O. The van der Waals surface area contributed by atoms with Gasteiger partial charge >= 0.3 is 0 Å². The summed E-state index contributed by atoms with van der Waals surface area (Å²) in [5, 5.41) is 3.05. The summed E-state index contributed by atoms with van der Waals surface area (Å²) >= 11 is 0. The van der Waals surface area contributed by atoms with Crippen molar-refractivity contribution in [3.63, 3.8) is 0 Å². The number of benzene rings is 1. The Morgan fingerprint density at radius 1 is 1.33 bits per heavy atom. The van der Waals surface area contributed by atoms with Gasteiger partial charge < -0.3 is 9.88 Å². The third kappa shape index (κ3) is 3.32. The van der Waals surface area contributed by atoms with E-state index in [1.165, 1.54) is 42.4 Å². The molecule has 1 aliphatic carbocycles. The summed E-state index contributed by atoms with van der Waals surface area (Å²) in [4.78, 5) is 16.0. The largest absolute Gasteiger partial charge is 0.348 e. The van der Waals surface area contributed by atoms with Crippen LogP contribution in [0.25, 0.3) is 0 Å². The molecule has 0 saturated carbocycles. The Balaban J connectivity index is 1.64. The molecule has 1 aromatic heterocycles. The highest BCUT2D eigenvalue weighted by molar-refractivity contribution is 5.76. The predicted octanol–water partition coefficient (Wildman–Crippen LogP) is 2.64. The lowest BCUT2D eigenvalue weighted by Crippen LogP contribution is -2.29. The van der Waals surface area contributed by atoms with Crippen LogP contribution in [-0.4, -0.2) is 15.5 Å². The molecule has 0 fully saturated rings. The molecule has 21 heavy (non-hydrogen) atoms. The minimum atomic E-state index is 0.0122. The van der Waals surface area contributed by atoms with Crippen LogP contribution in [0, 0.1) is 0 Å². The molecule has 4 nitrogen and oxygen atoms in total. The van der Waals surface area contributed by atoms with Crippen LogP contribution in [0.5, 0.6) is 0 Å². The second kappa shape index (κ2) is 6.12. The van der Waals surface area contributed by atoms with Crippen LogP contribution in [0.4, 0.5) is 0 Å². The zero-order chi connectivity index (χ0) is 14.7. The van der Waals surface area contributed by atoms with Gasteiger partial charge in [0.1, 0.15) is 6.54 Å². The quantitative estimate of drug-likeness (QED) is 0.937. The lowest BCUT2D eigenvalue weighted by Gasteiger charge is -2.20. The molecule has 110 valence electrons. The number of hydrogen-bond donors (Lipinski definition) is 1. The van der Waals surface area contributed by atoms with Crippen molar-refractivity contribution in [1.82, 2.24) is 14.9 Å². The van der Waals surface area contributed by atoms with Crippen molar-refractivity contribution in [3.8, 4) is 0 Å². The molecular weight excluding hydrogens is 262 g/mol. The maximum Gasteiger partial charge on any atom is 0.240 e. The molecule has 0 aliphatic heterocycles. The van der Waals surface area contributed by atoms with Crippen molar-refractivity contribution in [3.05, 3.63) is 53.6 Å². The molecule has 1 unspecified atom stereocenters. The van der Waals surface area contributed by atoms with E-state index in [-0.39, 0.29) is 11.9 Å². The lowest BCUT2D eigenvalue weighted by atomic mass is 9.89. The highest BCUT2D eigenvalue weighted by Crippen LogP contribution is 2.24. The monoisotopic (exact) mass is 283 g/mol. The summed E-state index contributed by atoms with van der Waals surface area (Å²) in [5.41, 5.74) is 4.12. The first kappa shape index (κ1) is 13.9. The Kier molecular flexibility index (Phi) is 4.04. The lowest BCUT2D eigenvalue weighted by molar-refractivity contribution is -0.122. The van der Waals surface area contributed by atoms with Gasteiger partial charge in [-0.05, 0) is 49.3 Å². The van der Waals surface area contributed by atoms with Gasteiger partial charge in [0.25, 0.3) is 0 Å². The molecule has 1 aromatic carbocycles. The van der Waals surface area contributed by atoms with E-state index in [2.05, 4.69) is 28.5 Å². The van der Waals surface area contributed by atoms with Gasteiger partial charge in [-0.3, -0.25) is 4.79 Å². The minimum Gasteiger partial charge on any atom is -0.348 e. The van der Waals surface area contributed by atoms with Crippen LogP contribution in [-0.2, 0) is 24.2 Å². The number of hydrogen-bond acceptors (Lipinski definition) is 2. The number of fused-ring (bicyclic) bond motifs is 1. The fourth-order valence-electron chi connectivity index (χ4n) is 2.94. The number of amides is 1. The van der Waals surface area contributed by atoms with Gasteiger partial charge in [-0.25, -0.2) is 4.98 Å². The standard InChI is InChI=1S/C17H21N3O/c1-13(19-17(21)11-20-9-8-18-12-20)15-7-6-14-4-2-3-5-16(14)10-15/h6-10,12-13H,2-5,11H2,1H3,(H,19,21). The molecule has 1 heterocycles. The van der Waals surface area contributed by atoms with Crippen LogP contribution in [0.15, 0.2) is 36.9 Å². The van der Waals surface area contributed by atoms with Crippen molar-refractivity contribution >= 4 is 5.91 Å². The molecule has 0 spiro atoms. The van der Waals surface area contributed by atoms with Crippen LogP contribution >= 0.6 is 0 Å². The normalized spacial score (nSPS) is 15.3. The number of imidazole rings is 1. The van der Waals surface area contributed by atoms with Gasteiger partial charge in [0.15, 0.2) is 0 Å². The van der Waals surface area contributed by atoms with Crippen LogP contribution in [0.3, 0.4) is 0 Å². The highest BCUT2D eigenvalue weighted by atomic mass is 16.2. The molecule has 0 saturated heterocycles. The molecule has 0 radical (unpaired) electrons. The number of aryl methyl sites for hydroxylation is 2. The molecule has 2 aromatic rings. The Morgan fingerprint density at radius 2 is 2.14 bits per heavy atom. The van der Waals surface area contributed by atoms with E-state index in [1.807, 2.05) is 6.92 Å². The Labute approximate surface area is 125 Å². The zero-order valence-corrected chi connectivity index (χ0v) is 12.4. The Hall–Kier alpha value is -2.10. The van der Waals surface area contributed by atoms with Crippen LogP contribution in [0.2, 0.25) is 0 Å². The fourth-order valence-corrected chi connectivity index (χ4v) is 2.94. The van der Waals surface area contributed by atoms with Crippen LogP contribution < -0.4 is 5.32 Å². The molecule has 1 atom stereocenters. The second-order valence-electron chi connectivity index (χ2n) is 5.76. The average molecular weight is 283 g/mol. The maximum absolute atomic E-state index is 12.0. The summed E-state index contributed by atoms with van der Waals surface area (Å²) in [5.74, 6) is 0.0122. The summed E-state index contributed by atoms with van der Waals surface area (Å²) in [7, 11) is 0. The molecule has 4 heteroatoms. The summed E-state index contributed by atoms with van der Waals surface area (Å²) in [6.45, 7) is 2.35. The van der Waals surface area contributed by atoms with E-state index in [1.54, 1.807) is 23.3 Å². The van der Waals surface area contributed by atoms with E-state index in [0.717, 1.165) is 0 Å². The van der Waals surface area contributed by atoms with E-state index in [9.17, 15) is 4.79 Å². The number of carbonyl (C=O) groups excluding carboxylic acids is 1. The Morgan fingerprint density at radius 3 is 2.90 bits per heavy atom. The number of aromatic nitrogens is 2. The Bertz CT molecular complexity index is 619. The molecule has 1 amide bonds. The molecule has 0 bridgehead atoms. The zero-order valence-electron chi connectivity index (χ0n) is 12.4.